The first-order chi connectivity index (χ1) is 16.9. The maximum Gasteiger partial charge on any atom is 0.408 e. The number of alkyl carbamates (subject to hydrolysis) is 1. The fraction of sp³-hybridized carbons (Fsp3) is 0.393. The fourth-order valence-corrected chi connectivity index (χ4v) is 4.15. The van der Waals surface area contributed by atoms with Crippen LogP contribution in [0.2, 0.25) is 0 Å². The molecule has 0 bridgehead atoms. The van der Waals surface area contributed by atoms with Crippen LogP contribution in [-0.4, -0.2) is 46.7 Å². The first-order valence-corrected chi connectivity index (χ1v) is 12.5. The van der Waals surface area contributed by atoms with E-state index in [0.29, 0.717) is 11.3 Å². The third-order valence-electron chi connectivity index (χ3n) is 5.56. The molecule has 2 aromatic carbocycles. The molecule has 194 valence electrons. The number of hydrogen-bond acceptors (Lipinski definition) is 5. The number of anilines is 1. The molecule has 8 heteroatoms. The summed E-state index contributed by atoms with van der Waals surface area (Å²) in [6.07, 6.45) is 0.823. The summed E-state index contributed by atoms with van der Waals surface area (Å²) in [5, 5.41) is 5.59. The molecule has 0 saturated heterocycles. The number of nitrogens with one attached hydrogen (secondary N) is 2. The summed E-state index contributed by atoms with van der Waals surface area (Å²) >= 11 is 4.30. The van der Waals surface area contributed by atoms with E-state index in [4.69, 9.17) is 4.74 Å². The molecule has 0 spiro atoms. The highest BCUT2D eigenvalue weighted by molar-refractivity contribution is 7.80. The Morgan fingerprint density at radius 3 is 2.14 bits per heavy atom. The maximum atomic E-state index is 13.8. The number of carbonyl (C=O) groups is 3. The molecule has 2 unspecified atom stereocenters. The number of thiol groups is 1. The van der Waals surface area contributed by atoms with Gasteiger partial charge in [0.15, 0.2) is 0 Å². The summed E-state index contributed by atoms with van der Waals surface area (Å²) in [5.74, 6) is -0.819. The largest absolute Gasteiger partial charge is 0.444 e. The Bertz CT molecular complexity index is 1090. The summed E-state index contributed by atoms with van der Waals surface area (Å²) in [4.78, 5) is 41.5. The normalized spacial score (nSPS) is 12.8. The lowest BCUT2D eigenvalue weighted by Gasteiger charge is -2.35. The number of rotatable bonds is 9. The quantitative estimate of drug-likeness (QED) is 0.322. The molecule has 0 heterocycles. The Balaban J connectivity index is 2.53. The topological polar surface area (TPSA) is 87.7 Å². The summed E-state index contributed by atoms with van der Waals surface area (Å²) in [7, 11) is 0. The molecule has 2 atom stereocenters. The van der Waals surface area contributed by atoms with Crippen LogP contribution in [0.1, 0.15) is 49.1 Å². The Kier molecular flexibility index (Phi) is 10.2. The average molecular weight is 512 g/mol. The van der Waals surface area contributed by atoms with Gasteiger partial charge in [0.1, 0.15) is 17.7 Å². The Morgan fingerprint density at radius 2 is 1.61 bits per heavy atom. The van der Waals surface area contributed by atoms with Crippen LogP contribution in [-0.2, 0) is 14.3 Å². The number of hydrogen-bond donors (Lipinski definition) is 3. The summed E-state index contributed by atoms with van der Waals surface area (Å²) in [6, 6.07) is 11.2. The summed E-state index contributed by atoms with van der Waals surface area (Å²) in [5.41, 5.74) is 3.26. The van der Waals surface area contributed by atoms with Gasteiger partial charge in [-0.25, -0.2) is 4.79 Å². The van der Waals surface area contributed by atoms with E-state index in [1.165, 1.54) is 4.90 Å². The van der Waals surface area contributed by atoms with Crippen molar-refractivity contribution in [3.63, 3.8) is 0 Å². The third-order valence-corrected chi connectivity index (χ3v) is 5.92. The molecule has 0 aromatic heterocycles. The van der Waals surface area contributed by atoms with Gasteiger partial charge < -0.3 is 20.3 Å². The van der Waals surface area contributed by atoms with Crippen LogP contribution < -0.4 is 10.6 Å². The fourth-order valence-electron chi connectivity index (χ4n) is 3.90. The predicted molar refractivity (Wildman–Crippen MR) is 147 cm³/mol. The Morgan fingerprint density at radius 1 is 1.03 bits per heavy atom. The van der Waals surface area contributed by atoms with Crippen molar-refractivity contribution in [2.24, 2.45) is 0 Å². The molecule has 0 fully saturated rings. The molecule has 3 amide bonds. The van der Waals surface area contributed by atoms with Crippen molar-refractivity contribution in [2.45, 2.75) is 59.2 Å². The van der Waals surface area contributed by atoms with E-state index in [1.54, 1.807) is 26.8 Å². The van der Waals surface area contributed by atoms with Crippen molar-refractivity contribution in [1.29, 1.82) is 0 Å². The van der Waals surface area contributed by atoms with Crippen molar-refractivity contribution in [1.82, 2.24) is 10.2 Å². The molecule has 7 nitrogen and oxygen atoms in total. The highest BCUT2D eigenvalue weighted by Crippen LogP contribution is 2.30. The highest BCUT2D eigenvalue weighted by atomic mass is 32.1. The highest BCUT2D eigenvalue weighted by Gasteiger charge is 2.36. The summed E-state index contributed by atoms with van der Waals surface area (Å²) in [6.45, 7) is 14.8. The molecule has 36 heavy (non-hydrogen) atoms. The van der Waals surface area contributed by atoms with Crippen LogP contribution in [0, 0.1) is 20.8 Å². The van der Waals surface area contributed by atoms with E-state index in [-0.39, 0.29) is 18.2 Å². The first-order valence-electron chi connectivity index (χ1n) is 11.8. The monoisotopic (exact) mass is 511 g/mol. The van der Waals surface area contributed by atoms with Crippen LogP contribution in [0.25, 0.3) is 0 Å². The molecule has 2 aromatic rings. The van der Waals surface area contributed by atoms with Gasteiger partial charge in [-0.2, -0.15) is 12.6 Å². The van der Waals surface area contributed by atoms with Crippen LogP contribution >= 0.6 is 12.6 Å². The smallest absolute Gasteiger partial charge is 0.408 e. The Labute approximate surface area is 219 Å². The second-order valence-electron chi connectivity index (χ2n) is 9.67. The van der Waals surface area contributed by atoms with Gasteiger partial charge in [0.05, 0.1) is 0 Å². The van der Waals surface area contributed by atoms with Gasteiger partial charge in [0, 0.05) is 18.0 Å². The number of amides is 3. The lowest BCUT2D eigenvalue weighted by molar-refractivity contribution is -0.139. The van der Waals surface area contributed by atoms with Crippen molar-refractivity contribution in [3.8, 4) is 0 Å². The lowest BCUT2D eigenvalue weighted by atomic mass is 9.93. The average Bonchev–Trinajstić information content (AvgIpc) is 2.78. The zero-order chi connectivity index (χ0) is 27.0. The van der Waals surface area contributed by atoms with E-state index in [0.717, 1.165) is 16.7 Å². The first kappa shape index (κ1) is 29.0. The van der Waals surface area contributed by atoms with E-state index < -0.39 is 29.7 Å². The number of nitrogens with zero attached hydrogens (tertiary/aromatic N) is 1. The van der Waals surface area contributed by atoms with Crippen molar-refractivity contribution in [2.75, 3.05) is 17.6 Å². The molecule has 0 saturated carbocycles. The van der Waals surface area contributed by atoms with Gasteiger partial charge in [-0.1, -0.05) is 42.5 Å². The van der Waals surface area contributed by atoms with Crippen LogP contribution in [0.3, 0.4) is 0 Å². The SMILES string of the molecule is C=CCN(C(=O)C(CS)NC(=O)OC(C)(C)C)C(C(=O)Nc1ccccc1C)c1c(C)cccc1C. The molecule has 0 aliphatic carbocycles. The lowest BCUT2D eigenvalue weighted by Crippen LogP contribution is -2.53. The van der Waals surface area contributed by atoms with Crippen LogP contribution in [0.4, 0.5) is 10.5 Å². The minimum atomic E-state index is -1.01. The molecular formula is C28H37N3O4S. The van der Waals surface area contributed by atoms with Crippen molar-refractivity contribution < 1.29 is 19.1 Å². The second-order valence-corrected chi connectivity index (χ2v) is 10.0. The second kappa shape index (κ2) is 12.6. The molecular weight excluding hydrogens is 474 g/mol. The third kappa shape index (κ3) is 7.62. The molecule has 0 aliphatic heterocycles. The minimum absolute atomic E-state index is 0.0185. The van der Waals surface area contributed by atoms with Gasteiger partial charge in [-0.3, -0.25) is 9.59 Å². The van der Waals surface area contributed by atoms with Gasteiger partial charge in [-0.05, 0) is 69.9 Å². The number of aryl methyl sites for hydroxylation is 3. The number of benzene rings is 2. The van der Waals surface area contributed by atoms with Gasteiger partial charge >= 0.3 is 6.09 Å². The van der Waals surface area contributed by atoms with Gasteiger partial charge in [0.2, 0.25) is 5.91 Å². The van der Waals surface area contributed by atoms with E-state index >= 15 is 0 Å². The van der Waals surface area contributed by atoms with Crippen LogP contribution in [0.15, 0.2) is 55.1 Å². The zero-order valence-corrected chi connectivity index (χ0v) is 22.8. The van der Waals surface area contributed by atoms with Crippen molar-refractivity contribution >= 4 is 36.2 Å². The van der Waals surface area contributed by atoms with E-state index in [1.807, 2.05) is 63.2 Å². The van der Waals surface area contributed by atoms with Crippen molar-refractivity contribution in [3.05, 3.63) is 77.4 Å². The van der Waals surface area contributed by atoms with Gasteiger partial charge in [-0.15, -0.1) is 6.58 Å². The number of carbonyl (C=O) groups excluding carboxylic acids is 3. The molecule has 2 N–H and O–H groups in total. The zero-order valence-electron chi connectivity index (χ0n) is 21.9. The summed E-state index contributed by atoms with van der Waals surface area (Å²) < 4.78 is 5.33. The minimum Gasteiger partial charge on any atom is -0.444 e. The molecule has 2 rings (SSSR count). The number of ether oxygens (including phenoxy) is 1. The molecule has 0 radical (unpaired) electrons. The van der Waals surface area contributed by atoms with Crippen LogP contribution in [0.5, 0.6) is 0 Å². The Hall–Kier alpha value is -3.26. The predicted octanol–water partition coefficient (Wildman–Crippen LogP) is 5.13. The standard InChI is InChI=1S/C28H37N3O4S/c1-8-16-31(26(33)22(17-36)30-27(34)35-28(5,6)7)24(23-19(3)13-11-14-20(23)4)25(32)29-21-15-10-9-12-18(21)2/h8-15,22,24,36H,1,16-17H2,2-7H3,(H,29,32)(H,30,34). The van der Waals surface area contributed by atoms with E-state index in [2.05, 4.69) is 29.8 Å². The van der Waals surface area contributed by atoms with E-state index in [9.17, 15) is 14.4 Å². The molecule has 0 aliphatic rings. The number of para-hydroxylation sites is 1. The maximum absolute atomic E-state index is 13.8. The van der Waals surface area contributed by atoms with Gasteiger partial charge in [0.25, 0.3) is 5.91 Å².